The fourth-order valence-electron chi connectivity index (χ4n) is 4.24. The first-order chi connectivity index (χ1) is 15.7. The van der Waals surface area contributed by atoms with Crippen molar-refractivity contribution in [2.45, 2.75) is 44.4 Å². The maximum absolute atomic E-state index is 13.3. The van der Waals surface area contributed by atoms with E-state index < -0.39 is 10.8 Å². The number of hydrogen-bond acceptors (Lipinski definition) is 4. The molecule has 3 rings (SSSR count). The highest BCUT2D eigenvalue weighted by Gasteiger charge is 2.30. The fourth-order valence-corrected chi connectivity index (χ4v) is 5.58. The van der Waals surface area contributed by atoms with Crippen LogP contribution in [-0.4, -0.2) is 53.6 Å². The number of benzene rings is 2. The predicted octanol–water partition coefficient (Wildman–Crippen LogP) is 4.18. The predicted molar refractivity (Wildman–Crippen MR) is 133 cm³/mol. The molecule has 0 fully saturated rings. The van der Waals surface area contributed by atoms with Gasteiger partial charge in [-0.2, -0.15) is 0 Å². The maximum atomic E-state index is 13.3. The van der Waals surface area contributed by atoms with Crippen molar-refractivity contribution in [1.82, 2.24) is 10.2 Å². The van der Waals surface area contributed by atoms with E-state index in [0.717, 1.165) is 19.6 Å². The molecule has 33 heavy (non-hydrogen) atoms. The molecule has 178 valence electrons. The highest BCUT2D eigenvalue weighted by atomic mass is 32.2. The third-order valence-electron chi connectivity index (χ3n) is 5.55. The van der Waals surface area contributed by atoms with E-state index in [1.807, 2.05) is 6.92 Å². The van der Waals surface area contributed by atoms with Crippen LogP contribution in [0.1, 0.15) is 55.3 Å². The van der Waals surface area contributed by atoms with Gasteiger partial charge < -0.3 is 15.1 Å². The Bertz CT molecular complexity index is 1030. The summed E-state index contributed by atoms with van der Waals surface area (Å²) in [5.74, 6) is 0.733. The largest absolute Gasteiger partial charge is 0.351 e. The highest BCUT2D eigenvalue weighted by molar-refractivity contribution is 7.85. The topological polar surface area (TPSA) is 69.7 Å². The van der Waals surface area contributed by atoms with Crippen molar-refractivity contribution in [3.8, 4) is 0 Å². The normalized spacial score (nSPS) is 15.6. The number of nitrogens with zero attached hydrogens (tertiary/aromatic N) is 2. The van der Waals surface area contributed by atoms with Crippen LogP contribution in [0.4, 0.5) is 5.69 Å². The molecule has 0 saturated heterocycles. The molecule has 0 spiro atoms. The van der Waals surface area contributed by atoms with Gasteiger partial charge in [-0.1, -0.05) is 39.8 Å². The van der Waals surface area contributed by atoms with Gasteiger partial charge in [0.25, 0.3) is 11.8 Å². The number of fused-ring (bicyclic) bond motifs is 2. The van der Waals surface area contributed by atoms with Gasteiger partial charge in [0.05, 0.1) is 31.8 Å². The lowest BCUT2D eigenvalue weighted by Gasteiger charge is -2.26. The average Bonchev–Trinajstić information content (AvgIpc) is 2.86. The third kappa shape index (κ3) is 5.89. The molecule has 1 aliphatic rings. The molecule has 0 bridgehead atoms. The number of nitrogens with one attached hydrogen (secondary N) is 1. The smallest absolute Gasteiger partial charge is 0.259 e. The lowest BCUT2D eigenvalue weighted by atomic mass is 10.1. The Labute approximate surface area is 199 Å². The molecule has 0 unspecified atom stereocenters. The zero-order chi connectivity index (χ0) is 24.1. The zero-order valence-corrected chi connectivity index (χ0v) is 21.1. The van der Waals surface area contributed by atoms with Gasteiger partial charge in [-0.25, -0.2) is 4.21 Å². The van der Waals surface area contributed by atoms with Crippen molar-refractivity contribution in [2.75, 3.05) is 37.6 Å². The molecule has 1 atom stereocenters. The maximum Gasteiger partial charge on any atom is 0.259 e. The Hall–Kier alpha value is -2.51. The lowest BCUT2D eigenvalue weighted by Crippen LogP contribution is -2.38. The summed E-state index contributed by atoms with van der Waals surface area (Å²) in [6.45, 7) is 14.4. The van der Waals surface area contributed by atoms with Crippen LogP contribution in [0.5, 0.6) is 0 Å². The Morgan fingerprint density at radius 2 is 1.70 bits per heavy atom. The second-order valence-electron chi connectivity index (χ2n) is 9.30. The quantitative estimate of drug-likeness (QED) is 0.598. The lowest BCUT2D eigenvalue weighted by molar-refractivity contribution is 0.0943. The summed E-state index contributed by atoms with van der Waals surface area (Å²) in [7, 11) is -1.50. The summed E-state index contributed by atoms with van der Waals surface area (Å²) in [5, 5.41) is 3.01. The number of carbonyl (C=O) groups excluding carboxylic acids is 2. The summed E-state index contributed by atoms with van der Waals surface area (Å²) < 4.78 is 13.3. The third-order valence-corrected chi connectivity index (χ3v) is 7.05. The first-order valence-corrected chi connectivity index (χ1v) is 12.8. The second-order valence-corrected chi connectivity index (χ2v) is 10.7. The van der Waals surface area contributed by atoms with Crippen molar-refractivity contribution in [1.29, 1.82) is 0 Å². The number of carbonyl (C=O) groups is 2. The molecule has 1 heterocycles. The number of anilines is 1. The van der Waals surface area contributed by atoms with E-state index in [4.69, 9.17) is 0 Å². The molecule has 2 aromatic carbocycles. The van der Waals surface area contributed by atoms with Gasteiger partial charge in [0.1, 0.15) is 0 Å². The first kappa shape index (κ1) is 25.1. The molecule has 0 saturated carbocycles. The summed E-state index contributed by atoms with van der Waals surface area (Å²) in [6.07, 6.45) is 0. The van der Waals surface area contributed by atoms with Crippen molar-refractivity contribution in [3.63, 3.8) is 0 Å². The molecule has 2 aromatic rings. The van der Waals surface area contributed by atoms with Crippen LogP contribution >= 0.6 is 0 Å². The SMILES string of the molecule is CCN1C(=O)c2ccccc2[S@@](=O)c2ccc(C(=O)NCCN(CC(C)C)CC(C)C)cc21. The highest BCUT2D eigenvalue weighted by Crippen LogP contribution is 2.35. The molecule has 6 nitrogen and oxygen atoms in total. The standard InChI is InChI=1S/C26H35N3O3S/c1-6-29-22-15-20(25(30)27-13-14-28(16-18(2)3)17-19(4)5)11-12-24(22)33(32)23-10-8-7-9-21(23)26(29)31/h7-12,15,18-19H,6,13-14,16-17H2,1-5H3,(H,27,30)/t33-/m1/s1. The van der Waals surface area contributed by atoms with Crippen molar-refractivity contribution < 1.29 is 13.8 Å². The minimum Gasteiger partial charge on any atom is -0.351 e. The van der Waals surface area contributed by atoms with Crippen molar-refractivity contribution in [3.05, 3.63) is 53.6 Å². The Morgan fingerprint density at radius 1 is 1.03 bits per heavy atom. The second kappa shape index (κ2) is 11.1. The summed E-state index contributed by atoms with van der Waals surface area (Å²) in [5.41, 5.74) is 1.43. The van der Waals surface area contributed by atoms with E-state index in [1.165, 1.54) is 0 Å². The summed E-state index contributed by atoms with van der Waals surface area (Å²) >= 11 is 0. The molecular formula is C26H35N3O3S. The van der Waals surface area contributed by atoms with Crippen LogP contribution in [0.25, 0.3) is 0 Å². The first-order valence-electron chi connectivity index (χ1n) is 11.7. The van der Waals surface area contributed by atoms with E-state index >= 15 is 0 Å². The van der Waals surface area contributed by atoms with Crippen molar-refractivity contribution in [2.24, 2.45) is 11.8 Å². The molecule has 1 aliphatic heterocycles. The number of amides is 2. The molecule has 1 N–H and O–H groups in total. The number of rotatable bonds is 9. The molecule has 7 heteroatoms. The van der Waals surface area contributed by atoms with Gasteiger partial charge in [0.2, 0.25) is 0 Å². The minimum absolute atomic E-state index is 0.192. The summed E-state index contributed by atoms with van der Waals surface area (Å²) in [6, 6.07) is 12.1. The minimum atomic E-state index is -1.50. The van der Waals surface area contributed by atoms with E-state index in [0.29, 0.717) is 51.5 Å². The fraction of sp³-hybridized carbons (Fsp3) is 0.462. The summed E-state index contributed by atoms with van der Waals surface area (Å²) in [4.78, 5) is 31.1. The van der Waals surface area contributed by atoms with Gasteiger partial charge in [0, 0.05) is 38.3 Å². The Balaban J connectivity index is 1.79. The van der Waals surface area contributed by atoms with Crippen LogP contribution in [0.3, 0.4) is 0 Å². The van der Waals surface area contributed by atoms with Gasteiger partial charge >= 0.3 is 0 Å². The monoisotopic (exact) mass is 469 g/mol. The van der Waals surface area contributed by atoms with Gasteiger partial charge in [-0.05, 0) is 49.1 Å². The molecular weight excluding hydrogens is 434 g/mol. The zero-order valence-electron chi connectivity index (χ0n) is 20.3. The number of hydrogen-bond donors (Lipinski definition) is 1. The van der Waals surface area contributed by atoms with Crippen LogP contribution in [0.15, 0.2) is 52.3 Å². The van der Waals surface area contributed by atoms with E-state index in [9.17, 15) is 13.8 Å². The van der Waals surface area contributed by atoms with Crippen LogP contribution in [0, 0.1) is 11.8 Å². The van der Waals surface area contributed by atoms with Crippen LogP contribution in [0.2, 0.25) is 0 Å². The van der Waals surface area contributed by atoms with Gasteiger partial charge in [-0.15, -0.1) is 0 Å². The van der Waals surface area contributed by atoms with Crippen LogP contribution < -0.4 is 10.2 Å². The van der Waals surface area contributed by atoms with Crippen molar-refractivity contribution >= 4 is 28.3 Å². The van der Waals surface area contributed by atoms with Gasteiger partial charge in [0.15, 0.2) is 0 Å². The average molecular weight is 470 g/mol. The van der Waals surface area contributed by atoms with Gasteiger partial charge in [-0.3, -0.25) is 9.59 Å². The Kier molecular flexibility index (Phi) is 8.43. The molecule has 0 aromatic heterocycles. The Morgan fingerprint density at radius 3 is 2.33 bits per heavy atom. The van der Waals surface area contributed by atoms with E-state index in [1.54, 1.807) is 47.4 Å². The molecule has 0 aliphatic carbocycles. The van der Waals surface area contributed by atoms with E-state index in [-0.39, 0.29) is 11.8 Å². The molecule has 2 amide bonds. The molecule has 0 radical (unpaired) electrons. The van der Waals surface area contributed by atoms with Crippen LogP contribution in [-0.2, 0) is 10.8 Å². The van der Waals surface area contributed by atoms with E-state index in [2.05, 4.69) is 37.9 Å².